The van der Waals surface area contributed by atoms with Crippen molar-refractivity contribution in [1.82, 2.24) is 9.97 Å². The number of anilines is 4. The Balaban J connectivity index is 1.47. The van der Waals surface area contributed by atoms with Crippen LogP contribution in [-0.4, -0.2) is 36.1 Å². The zero-order valence-corrected chi connectivity index (χ0v) is 16.9. The first-order valence-electron chi connectivity index (χ1n) is 9.52. The second-order valence-corrected chi connectivity index (χ2v) is 7.54. The van der Waals surface area contributed by atoms with Gasteiger partial charge in [-0.25, -0.2) is 9.97 Å². The lowest BCUT2D eigenvalue weighted by Crippen LogP contribution is -2.47. The first-order valence-corrected chi connectivity index (χ1v) is 9.89. The van der Waals surface area contributed by atoms with Crippen molar-refractivity contribution in [2.75, 3.05) is 41.3 Å². The average molecular weight is 394 g/mol. The lowest BCUT2D eigenvalue weighted by atomic mass is 10.2. The second kappa shape index (κ2) is 8.07. The maximum Gasteiger partial charge on any atom is 0.136 e. The summed E-state index contributed by atoms with van der Waals surface area (Å²) in [6.07, 6.45) is 0. The van der Waals surface area contributed by atoms with E-state index in [4.69, 9.17) is 11.6 Å². The van der Waals surface area contributed by atoms with E-state index < -0.39 is 0 Å². The molecule has 1 saturated heterocycles. The summed E-state index contributed by atoms with van der Waals surface area (Å²) in [5.74, 6) is 2.50. The van der Waals surface area contributed by atoms with Gasteiger partial charge in [0, 0.05) is 48.6 Å². The van der Waals surface area contributed by atoms with Crippen molar-refractivity contribution >= 4 is 34.6 Å². The maximum atomic E-state index is 6.08. The molecule has 3 aromatic rings. The molecule has 1 aromatic heterocycles. The Labute approximate surface area is 171 Å². The van der Waals surface area contributed by atoms with Gasteiger partial charge < -0.3 is 15.1 Å². The number of hydrogen-bond acceptors (Lipinski definition) is 5. The van der Waals surface area contributed by atoms with Gasteiger partial charge in [-0.15, -0.1) is 0 Å². The quantitative estimate of drug-likeness (QED) is 0.688. The molecule has 5 nitrogen and oxygen atoms in total. The van der Waals surface area contributed by atoms with E-state index >= 15 is 0 Å². The number of halogens is 1. The summed E-state index contributed by atoms with van der Waals surface area (Å²) in [6.45, 7) is 7.88. The lowest BCUT2D eigenvalue weighted by Gasteiger charge is -2.37. The summed E-state index contributed by atoms with van der Waals surface area (Å²) in [6, 6.07) is 18.3. The van der Waals surface area contributed by atoms with Crippen LogP contribution in [0.2, 0.25) is 5.02 Å². The molecule has 0 saturated carbocycles. The number of aryl methyl sites for hydroxylation is 2. The van der Waals surface area contributed by atoms with E-state index in [1.165, 1.54) is 11.3 Å². The molecule has 0 aliphatic carbocycles. The monoisotopic (exact) mass is 393 g/mol. The van der Waals surface area contributed by atoms with Crippen molar-refractivity contribution in [1.29, 1.82) is 0 Å². The smallest absolute Gasteiger partial charge is 0.136 e. The van der Waals surface area contributed by atoms with Crippen LogP contribution in [0.1, 0.15) is 11.4 Å². The van der Waals surface area contributed by atoms with E-state index in [0.29, 0.717) is 5.02 Å². The van der Waals surface area contributed by atoms with E-state index in [0.717, 1.165) is 49.3 Å². The van der Waals surface area contributed by atoms with Gasteiger partial charge in [-0.3, -0.25) is 0 Å². The minimum absolute atomic E-state index is 0.697. The number of nitrogens with zero attached hydrogens (tertiary/aromatic N) is 4. The van der Waals surface area contributed by atoms with Crippen LogP contribution in [0.4, 0.5) is 23.0 Å². The van der Waals surface area contributed by atoms with Gasteiger partial charge in [0.15, 0.2) is 0 Å². The molecule has 0 bridgehead atoms. The van der Waals surface area contributed by atoms with Gasteiger partial charge in [0.25, 0.3) is 0 Å². The average Bonchev–Trinajstić information content (AvgIpc) is 2.68. The van der Waals surface area contributed by atoms with E-state index in [1.54, 1.807) is 0 Å². The summed E-state index contributed by atoms with van der Waals surface area (Å²) < 4.78 is 0. The summed E-state index contributed by atoms with van der Waals surface area (Å²) in [5.41, 5.74) is 3.51. The normalized spacial score (nSPS) is 14.2. The van der Waals surface area contributed by atoms with Gasteiger partial charge in [0.1, 0.15) is 17.5 Å². The fraction of sp³-hybridized carbons (Fsp3) is 0.273. The fourth-order valence-corrected chi connectivity index (χ4v) is 3.70. The van der Waals surface area contributed by atoms with Crippen molar-refractivity contribution in [3.8, 4) is 0 Å². The molecule has 0 spiro atoms. The van der Waals surface area contributed by atoms with Gasteiger partial charge in [-0.1, -0.05) is 29.8 Å². The number of nitrogens with one attached hydrogen (secondary N) is 1. The number of hydrogen-bond donors (Lipinski definition) is 1. The van der Waals surface area contributed by atoms with Crippen LogP contribution in [0.5, 0.6) is 0 Å². The van der Waals surface area contributed by atoms with Crippen LogP contribution in [0.3, 0.4) is 0 Å². The van der Waals surface area contributed by atoms with Gasteiger partial charge in [0.05, 0.1) is 0 Å². The van der Waals surface area contributed by atoms with E-state index in [1.807, 2.05) is 37.3 Å². The van der Waals surface area contributed by atoms with Crippen LogP contribution in [0.25, 0.3) is 0 Å². The molecular weight excluding hydrogens is 370 g/mol. The fourth-order valence-electron chi connectivity index (χ4n) is 3.51. The number of aromatic nitrogens is 2. The molecule has 0 radical (unpaired) electrons. The van der Waals surface area contributed by atoms with Crippen molar-refractivity contribution in [2.45, 2.75) is 13.8 Å². The molecule has 1 fully saturated rings. The molecule has 1 aliphatic heterocycles. The predicted molar refractivity (Wildman–Crippen MR) is 117 cm³/mol. The SMILES string of the molecule is Cc1cccc(N2CCN(c3cc(Nc4cccc(Cl)c4)nc(C)n3)CC2)c1. The molecule has 2 heterocycles. The van der Waals surface area contributed by atoms with Gasteiger partial charge >= 0.3 is 0 Å². The topological polar surface area (TPSA) is 44.3 Å². The molecule has 6 heteroatoms. The molecule has 2 aromatic carbocycles. The zero-order chi connectivity index (χ0) is 19.5. The molecule has 0 unspecified atom stereocenters. The van der Waals surface area contributed by atoms with Crippen LogP contribution in [-0.2, 0) is 0 Å². The molecule has 1 aliphatic rings. The zero-order valence-electron chi connectivity index (χ0n) is 16.2. The highest BCUT2D eigenvalue weighted by Crippen LogP contribution is 2.24. The Kier molecular flexibility index (Phi) is 5.35. The standard InChI is InChI=1S/C22H24ClN5/c1-16-5-3-8-20(13-16)27-9-11-28(12-10-27)22-15-21(24-17(2)25-22)26-19-7-4-6-18(23)14-19/h3-8,13-15H,9-12H2,1-2H3,(H,24,25,26). The van der Waals surface area contributed by atoms with Crippen molar-refractivity contribution < 1.29 is 0 Å². The Hall–Kier alpha value is -2.79. The first kappa shape index (κ1) is 18.6. The Morgan fingerprint density at radius 3 is 2.36 bits per heavy atom. The van der Waals surface area contributed by atoms with Crippen LogP contribution >= 0.6 is 11.6 Å². The lowest BCUT2D eigenvalue weighted by molar-refractivity contribution is 0.646. The summed E-state index contributed by atoms with van der Waals surface area (Å²) in [4.78, 5) is 13.9. The maximum absolute atomic E-state index is 6.08. The first-order chi connectivity index (χ1) is 13.6. The van der Waals surface area contributed by atoms with Crippen LogP contribution < -0.4 is 15.1 Å². The minimum atomic E-state index is 0.697. The van der Waals surface area contributed by atoms with Crippen LogP contribution in [0, 0.1) is 13.8 Å². The summed E-state index contributed by atoms with van der Waals surface area (Å²) >= 11 is 6.08. The number of piperazine rings is 1. The number of rotatable bonds is 4. The molecule has 144 valence electrons. The third-order valence-corrected chi connectivity index (χ3v) is 5.13. The predicted octanol–water partition coefficient (Wildman–Crippen LogP) is 4.82. The van der Waals surface area contributed by atoms with Gasteiger partial charge in [-0.2, -0.15) is 0 Å². The highest BCUT2D eigenvalue weighted by atomic mass is 35.5. The molecule has 1 N–H and O–H groups in total. The molecule has 4 rings (SSSR count). The number of benzene rings is 2. The van der Waals surface area contributed by atoms with Crippen molar-refractivity contribution in [3.05, 3.63) is 71.0 Å². The van der Waals surface area contributed by atoms with Crippen molar-refractivity contribution in [3.63, 3.8) is 0 Å². The summed E-state index contributed by atoms with van der Waals surface area (Å²) in [7, 11) is 0. The van der Waals surface area contributed by atoms with E-state index in [-0.39, 0.29) is 0 Å². The largest absolute Gasteiger partial charge is 0.368 e. The Morgan fingerprint density at radius 2 is 1.61 bits per heavy atom. The highest BCUT2D eigenvalue weighted by Gasteiger charge is 2.19. The second-order valence-electron chi connectivity index (χ2n) is 7.11. The van der Waals surface area contributed by atoms with Crippen LogP contribution in [0.15, 0.2) is 54.6 Å². The van der Waals surface area contributed by atoms with Gasteiger partial charge in [-0.05, 0) is 49.7 Å². The molecule has 0 amide bonds. The Bertz CT molecular complexity index is 967. The third kappa shape index (κ3) is 4.37. The molecule has 0 atom stereocenters. The van der Waals surface area contributed by atoms with Gasteiger partial charge in [0.2, 0.25) is 0 Å². The Morgan fingerprint density at radius 1 is 0.857 bits per heavy atom. The molecule has 28 heavy (non-hydrogen) atoms. The third-order valence-electron chi connectivity index (χ3n) is 4.89. The van der Waals surface area contributed by atoms with E-state index in [9.17, 15) is 0 Å². The molecular formula is C22H24ClN5. The van der Waals surface area contributed by atoms with E-state index in [2.05, 4.69) is 56.3 Å². The highest BCUT2D eigenvalue weighted by molar-refractivity contribution is 6.30. The minimum Gasteiger partial charge on any atom is -0.368 e. The van der Waals surface area contributed by atoms with Crippen molar-refractivity contribution in [2.24, 2.45) is 0 Å². The summed E-state index contributed by atoms with van der Waals surface area (Å²) in [5, 5.41) is 4.03.